The third-order valence-electron chi connectivity index (χ3n) is 3.62. The van der Waals surface area contributed by atoms with Gasteiger partial charge in [0.2, 0.25) is 0 Å². The topological polar surface area (TPSA) is 86.9 Å². The number of carbonyl (C=O) groups excluding carboxylic acids is 1. The molecular formula is C14H19N3O4. The van der Waals surface area contributed by atoms with E-state index in [2.05, 4.69) is 4.90 Å². The van der Waals surface area contributed by atoms with Crippen LogP contribution in [0.2, 0.25) is 0 Å². The van der Waals surface area contributed by atoms with E-state index in [1.54, 1.807) is 17.0 Å². The molecule has 0 unspecified atom stereocenters. The predicted octanol–water partition coefficient (Wildman–Crippen LogP) is 0.735. The molecule has 114 valence electrons. The number of nitrogens with zero attached hydrogens (tertiary/aromatic N) is 3. The van der Waals surface area contributed by atoms with Gasteiger partial charge >= 0.3 is 0 Å². The molecule has 0 aromatic heterocycles. The van der Waals surface area contributed by atoms with Crippen LogP contribution in [0.3, 0.4) is 0 Å². The first kappa shape index (κ1) is 15.4. The molecule has 1 heterocycles. The van der Waals surface area contributed by atoms with Crippen LogP contribution in [-0.2, 0) is 0 Å². The van der Waals surface area contributed by atoms with E-state index in [4.69, 9.17) is 5.11 Å². The number of carbonyl (C=O) groups is 1. The number of amides is 1. The molecule has 1 aromatic carbocycles. The van der Waals surface area contributed by atoms with Crippen LogP contribution < -0.4 is 0 Å². The van der Waals surface area contributed by atoms with E-state index in [1.807, 2.05) is 0 Å². The zero-order valence-electron chi connectivity index (χ0n) is 11.8. The van der Waals surface area contributed by atoms with E-state index < -0.39 is 4.92 Å². The fraction of sp³-hybridized carbons (Fsp3) is 0.500. The number of hydrogen-bond acceptors (Lipinski definition) is 5. The summed E-state index contributed by atoms with van der Waals surface area (Å²) in [4.78, 5) is 26.7. The fourth-order valence-electron chi connectivity index (χ4n) is 2.52. The van der Waals surface area contributed by atoms with E-state index in [1.165, 1.54) is 12.1 Å². The van der Waals surface area contributed by atoms with E-state index in [-0.39, 0.29) is 23.8 Å². The summed E-state index contributed by atoms with van der Waals surface area (Å²) in [5.74, 6) is -0.298. The standard InChI is InChI=1S/C14H19N3O4/c18-11-10-15-6-3-7-16(9-8-15)14(19)12-4-1-2-5-13(12)17(20)21/h1-2,4-5,18H,3,6-11H2. The summed E-state index contributed by atoms with van der Waals surface area (Å²) in [5.41, 5.74) is -0.0166. The number of hydrogen-bond donors (Lipinski definition) is 1. The molecule has 0 atom stereocenters. The minimum atomic E-state index is -0.525. The number of nitro groups is 1. The molecule has 1 amide bonds. The summed E-state index contributed by atoms with van der Waals surface area (Å²) < 4.78 is 0. The molecule has 2 rings (SSSR count). The minimum absolute atomic E-state index is 0.0953. The van der Waals surface area contributed by atoms with Gasteiger partial charge in [-0.2, -0.15) is 0 Å². The first-order chi connectivity index (χ1) is 10.1. The van der Waals surface area contributed by atoms with Crippen molar-refractivity contribution in [2.75, 3.05) is 39.3 Å². The summed E-state index contributed by atoms with van der Waals surface area (Å²) in [6.45, 7) is 3.28. The average molecular weight is 293 g/mol. The quantitative estimate of drug-likeness (QED) is 0.653. The highest BCUT2D eigenvalue weighted by atomic mass is 16.6. The monoisotopic (exact) mass is 293 g/mol. The van der Waals surface area contributed by atoms with Crippen molar-refractivity contribution in [1.82, 2.24) is 9.80 Å². The van der Waals surface area contributed by atoms with Gasteiger partial charge in [-0.25, -0.2) is 0 Å². The normalized spacial score (nSPS) is 16.5. The Bertz CT molecular complexity index is 521. The number of benzene rings is 1. The number of aliphatic hydroxyl groups excluding tert-OH is 1. The minimum Gasteiger partial charge on any atom is -0.395 e. The van der Waals surface area contributed by atoms with Crippen molar-refractivity contribution in [2.24, 2.45) is 0 Å². The third-order valence-corrected chi connectivity index (χ3v) is 3.62. The average Bonchev–Trinajstić information content (AvgIpc) is 2.72. The Labute approximate surface area is 122 Å². The van der Waals surface area contributed by atoms with Gasteiger partial charge in [0.15, 0.2) is 0 Å². The molecule has 1 aliphatic heterocycles. The molecule has 7 heteroatoms. The maximum Gasteiger partial charge on any atom is 0.282 e. The van der Waals surface area contributed by atoms with Gasteiger partial charge in [0, 0.05) is 32.2 Å². The van der Waals surface area contributed by atoms with Crippen molar-refractivity contribution < 1.29 is 14.8 Å². The molecular weight excluding hydrogens is 274 g/mol. The Balaban J connectivity index is 2.12. The smallest absolute Gasteiger partial charge is 0.282 e. The highest BCUT2D eigenvalue weighted by molar-refractivity contribution is 5.98. The SMILES string of the molecule is O=C(c1ccccc1[N+](=O)[O-])N1CCCN(CCO)CC1. The zero-order chi connectivity index (χ0) is 15.2. The maximum atomic E-state index is 12.5. The zero-order valence-corrected chi connectivity index (χ0v) is 11.8. The molecule has 1 saturated heterocycles. The molecule has 0 radical (unpaired) electrons. The molecule has 0 saturated carbocycles. The number of nitro benzene ring substituents is 1. The van der Waals surface area contributed by atoms with Crippen LogP contribution in [0.15, 0.2) is 24.3 Å². The number of β-amino-alcohol motifs (C(OH)–C–C–N with tert-alkyl or cyclic N) is 1. The van der Waals surface area contributed by atoms with Gasteiger partial charge in [-0.15, -0.1) is 0 Å². The highest BCUT2D eigenvalue weighted by Gasteiger charge is 2.25. The molecule has 0 spiro atoms. The van der Waals surface area contributed by atoms with Gasteiger partial charge < -0.3 is 10.0 Å². The lowest BCUT2D eigenvalue weighted by Crippen LogP contribution is -2.36. The van der Waals surface area contributed by atoms with E-state index >= 15 is 0 Å². The van der Waals surface area contributed by atoms with E-state index in [0.717, 1.165) is 13.0 Å². The summed E-state index contributed by atoms with van der Waals surface area (Å²) in [6, 6.07) is 6.04. The molecule has 21 heavy (non-hydrogen) atoms. The van der Waals surface area contributed by atoms with Crippen LogP contribution in [-0.4, -0.2) is 65.1 Å². The molecule has 1 aliphatic rings. The summed E-state index contributed by atoms with van der Waals surface area (Å²) in [6.07, 6.45) is 0.798. The molecule has 1 N–H and O–H groups in total. The third kappa shape index (κ3) is 3.77. The van der Waals surface area contributed by atoms with Crippen LogP contribution in [0.25, 0.3) is 0 Å². The van der Waals surface area contributed by atoms with Crippen molar-refractivity contribution in [1.29, 1.82) is 0 Å². The van der Waals surface area contributed by atoms with Crippen LogP contribution in [0, 0.1) is 10.1 Å². The van der Waals surface area contributed by atoms with E-state index in [0.29, 0.717) is 26.2 Å². The summed E-state index contributed by atoms with van der Waals surface area (Å²) >= 11 is 0. The lowest BCUT2D eigenvalue weighted by molar-refractivity contribution is -0.385. The van der Waals surface area contributed by atoms with Gasteiger partial charge in [0.25, 0.3) is 11.6 Å². The van der Waals surface area contributed by atoms with E-state index in [9.17, 15) is 14.9 Å². The van der Waals surface area contributed by atoms with Gasteiger partial charge in [-0.1, -0.05) is 12.1 Å². The van der Waals surface area contributed by atoms with Crippen molar-refractivity contribution in [3.05, 3.63) is 39.9 Å². The first-order valence-corrected chi connectivity index (χ1v) is 6.99. The highest BCUT2D eigenvalue weighted by Crippen LogP contribution is 2.20. The second-order valence-electron chi connectivity index (χ2n) is 4.99. The van der Waals surface area contributed by atoms with Crippen LogP contribution in [0.4, 0.5) is 5.69 Å². The molecule has 0 aliphatic carbocycles. The maximum absolute atomic E-state index is 12.5. The van der Waals surface area contributed by atoms with Gasteiger partial charge in [-0.3, -0.25) is 19.8 Å². The van der Waals surface area contributed by atoms with Gasteiger partial charge in [0.1, 0.15) is 5.56 Å². The number of aliphatic hydroxyl groups is 1. The molecule has 1 fully saturated rings. The summed E-state index contributed by atoms with van der Waals surface area (Å²) in [5, 5.41) is 20.0. The fourth-order valence-corrected chi connectivity index (χ4v) is 2.52. The predicted molar refractivity (Wildman–Crippen MR) is 77.1 cm³/mol. The Morgan fingerprint density at radius 1 is 1.24 bits per heavy atom. The largest absolute Gasteiger partial charge is 0.395 e. The van der Waals surface area contributed by atoms with Crippen molar-refractivity contribution in [2.45, 2.75) is 6.42 Å². The van der Waals surface area contributed by atoms with Crippen LogP contribution >= 0.6 is 0 Å². The second kappa shape index (κ2) is 7.14. The number of rotatable bonds is 4. The number of para-hydroxylation sites is 1. The Morgan fingerprint density at radius 2 is 2.00 bits per heavy atom. The Morgan fingerprint density at radius 3 is 2.71 bits per heavy atom. The van der Waals surface area contributed by atoms with Crippen LogP contribution in [0.5, 0.6) is 0 Å². The van der Waals surface area contributed by atoms with Crippen molar-refractivity contribution in [3.63, 3.8) is 0 Å². The van der Waals surface area contributed by atoms with Crippen LogP contribution in [0.1, 0.15) is 16.8 Å². The van der Waals surface area contributed by atoms with Crippen molar-refractivity contribution >= 4 is 11.6 Å². The van der Waals surface area contributed by atoms with Gasteiger partial charge in [0.05, 0.1) is 11.5 Å². The second-order valence-corrected chi connectivity index (χ2v) is 4.99. The summed E-state index contributed by atoms with van der Waals surface area (Å²) in [7, 11) is 0. The molecule has 7 nitrogen and oxygen atoms in total. The lowest BCUT2D eigenvalue weighted by atomic mass is 10.1. The first-order valence-electron chi connectivity index (χ1n) is 6.99. The lowest BCUT2D eigenvalue weighted by Gasteiger charge is -2.21. The molecule has 1 aromatic rings. The Kier molecular flexibility index (Phi) is 5.24. The molecule has 0 bridgehead atoms. The Hall–Kier alpha value is -1.99. The van der Waals surface area contributed by atoms with Crippen molar-refractivity contribution in [3.8, 4) is 0 Å². The van der Waals surface area contributed by atoms with Gasteiger partial charge in [-0.05, 0) is 19.0 Å².